The number of methoxy groups -OCH3 is 1. The molecule has 2 rings (SSSR count). The molecule has 2 aromatic rings. The highest BCUT2D eigenvalue weighted by molar-refractivity contribution is 5.32. The van der Waals surface area contributed by atoms with E-state index in [2.05, 4.69) is 22.1 Å². The van der Waals surface area contributed by atoms with Crippen LogP contribution in [0.4, 0.5) is 5.95 Å². The van der Waals surface area contributed by atoms with E-state index in [0.717, 1.165) is 23.7 Å². The molecule has 5 heteroatoms. The molecule has 0 saturated heterocycles. The first-order valence-corrected chi connectivity index (χ1v) is 6.88. The molecule has 0 saturated carbocycles. The lowest BCUT2D eigenvalue weighted by atomic mass is 10.1. The van der Waals surface area contributed by atoms with Gasteiger partial charge >= 0.3 is 0 Å². The van der Waals surface area contributed by atoms with Gasteiger partial charge in [-0.05, 0) is 23.3 Å². The van der Waals surface area contributed by atoms with E-state index in [9.17, 15) is 0 Å². The topological polar surface area (TPSA) is 47.5 Å². The van der Waals surface area contributed by atoms with Crippen LogP contribution in [0.1, 0.15) is 11.1 Å². The number of anilines is 1. The van der Waals surface area contributed by atoms with Crippen molar-refractivity contribution in [3.63, 3.8) is 0 Å². The normalized spacial score (nSPS) is 10.4. The fourth-order valence-electron chi connectivity index (χ4n) is 1.85. The highest BCUT2D eigenvalue weighted by Crippen LogP contribution is 2.15. The van der Waals surface area contributed by atoms with Crippen LogP contribution < -0.4 is 9.64 Å². The summed E-state index contributed by atoms with van der Waals surface area (Å²) in [5.41, 5.74) is 2.30. The Hall–Kier alpha value is -2.14. The fraction of sp³-hybridized carbons (Fsp3) is 0.375. The quantitative estimate of drug-likeness (QED) is 0.730. The van der Waals surface area contributed by atoms with Crippen molar-refractivity contribution in [3.8, 4) is 5.75 Å². The van der Waals surface area contributed by atoms with Crippen molar-refractivity contribution in [2.75, 3.05) is 39.3 Å². The van der Waals surface area contributed by atoms with Gasteiger partial charge < -0.3 is 14.4 Å². The van der Waals surface area contributed by atoms with Crippen molar-refractivity contribution in [1.82, 2.24) is 9.97 Å². The monoisotopic (exact) mass is 287 g/mol. The van der Waals surface area contributed by atoms with E-state index in [0.29, 0.717) is 13.2 Å². The minimum Gasteiger partial charge on any atom is -0.491 e. The highest BCUT2D eigenvalue weighted by Gasteiger charge is 2.01. The van der Waals surface area contributed by atoms with Crippen molar-refractivity contribution in [3.05, 3.63) is 47.8 Å². The summed E-state index contributed by atoms with van der Waals surface area (Å²) in [7, 11) is 5.52. The zero-order valence-corrected chi connectivity index (χ0v) is 12.7. The second-order valence-electron chi connectivity index (χ2n) is 4.95. The molecular formula is C16H21N3O2. The first kappa shape index (κ1) is 15.3. The van der Waals surface area contributed by atoms with E-state index in [4.69, 9.17) is 9.47 Å². The van der Waals surface area contributed by atoms with Gasteiger partial charge in [-0.1, -0.05) is 12.1 Å². The molecule has 1 aromatic carbocycles. The van der Waals surface area contributed by atoms with Crippen molar-refractivity contribution >= 4 is 5.95 Å². The van der Waals surface area contributed by atoms with Crippen molar-refractivity contribution < 1.29 is 9.47 Å². The van der Waals surface area contributed by atoms with Crippen LogP contribution in [-0.4, -0.2) is 44.4 Å². The summed E-state index contributed by atoms with van der Waals surface area (Å²) in [5.74, 6) is 1.58. The largest absolute Gasteiger partial charge is 0.491 e. The minimum atomic E-state index is 0.565. The summed E-state index contributed by atoms with van der Waals surface area (Å²) in [6.45, 7) is 1.16. The van der Waals surface area contributed by atoms with Crippen LogP contribution in [0.15, 0.2) is 36.7 Å². The van der Waals surface area contributed by atoms with Gasteiger partial charge in [0.1, 0.15) is 12.4 Å². The predicted octanol–water partition coefficient (Wildman–Crippen LogP) is 2.16. The molecule has 0 amide bonds. The molecule has 21 heavy (non-hydrogen) atoms. The molecule has 0 atom stereocenters. The summed E-state index contributed by atoms with van der Waals surface area (Å²) < 4.78 is 10.5. The van der Waals surface area contributed by atoms with Crippen molar-refractivity contribution in [2.45, 2.75) is 6.42 Å². The summed E-state index contributed by atoms with van der Waals surface area (Å²) >= 11 is 0. The van der Waals surface area contributed by atoms with E-state index in [-0.39, 0.29) is 0 Å². The lowest BCUT2D eigenvalue weighted by molar-refractivity contribution is 0.146. The molecule has 0 fully saturated rings. The lowest BCUT2D eigenvalue weighted by Crippen LogP contribution is -2.12. The van der Waals surface area contributed by atoms with Gasteiger partial charge in [0, 0.05) is 40.0 Å². The van der Waals surface area contributed by atoms with Crippen LogP contribution in [0.25, 0.3) is 0 Å². The van der Waals surface area contributed by atoms with Crippen LogP contribution in [0.2, 0.25) is 0 Å². The molecule has 0 aliphatic heterocycles. The maximum absolute atomic E-state index is 5.54. The lowest BCUT2D eigenvalue weighted by Gasteiger charge is -2.10. The zero-order chi connectivity index (χ0) is 15.1. The van der Waals surface area contributed by atoms with Crippen LogP contribution in [0, 0.1) is 0 Å². The van der Waals surface area contributed by atoms with Gasteiger partial charge in [-0.2, -0.15) is 0 Å². The summed E-state index contributed by atoms with van der Waals surface area (Å²) in [5, 5.41) is 0. The Morgan fingerprint density at radius 2 is 1.62 bits per heavy atom. The maximum Gasteiger partial charge on any atom is 0.224 e. The third-order valence-electron chi connectivity index (χ3n) is 2.98. The Labute approximate surface area is 125 Å². The fourth-order valence-corrected chi connectivity index (χ4v) is 1.85. The van der Waals surface area contributed by atoms with Gasteiger partial charge in [-0.3, -0.25) is 0 Å². The highest BCUT2D eigenvalue weighted by atomic mass is 16.5. The van der Waals surface area contributed by atoms with Gasteiger partial charge in [0.05, 0.1) is 6.61 Å². The summed E-state index contributed by atoms with van der Waals surface area (Å²) in [6, 6.07) is 8.06. The van der Waals surface area contributed by atoms with E-state index >= 15 is 0 Å². The second-order valence-corrected chi connectivity index (χ2v) is 4.95. The Morgan fingerprint density at radius 3 is 2.19 bits per heavy atom. The summed E-state index contributed by atoms with van der Waals surface area (Å²) in [4.78, 5) is 10.5. The van der Waals surface area contributed by atoms with Gasteiger partial charge in [0.25, 0.3) is 0 Å². The molecule has 112 valence electrons. The molecule has 0 N–H and O–H groups in total. The molecule has 5 nitrogen and oxygen atoms in total. The van der Waals surface area contributed by atoms with E-state index in [1.165, 1.54) is 5.56 Å². The first-order chi connectivity index (χ1) is 10.2. The average molecular weight is 287 g/mol. The van der Waals surface area contributed by atoms with Crippen LogP contribution in [0.3, 0.4) is 0 Å². The Morgan fingerprint density at radius 1 is 0.952 bits per heavy atom. The average Bonchev–Trinajstić information content (AvgIpc) is 2.50. The molecule has 0 spiro atoms. The molecule has 0 bridgehead atoms. The molecular weight excluding hydrogens is 266 g/mol. The number of rotatable bonds is 7. The maximum atomic E-state index is 5.54. The molecule has 0 radical (unpaired) electrons. The molecule has 0 unspecified atom stereocenters. The Kier molecular flexibility index (Phi) is 5.51. The van der Waals surface area contributed by atoms with Crippen LogP contribution >= 0.6 is 0 Å². The molecule has 1 heterocycles. The number of nitrogens with zero attached hydrogens (tertiary/aromatic N) is 3. The van der Waals surface area contributed by atoms with Gasteiger partial charge in [0.15, 0.2) is 0 Å². The van der Waals surface area contributed by atoms with E-state index in [1.807, 2.05) is 43.5 Å². The van der Waals surface area contributed by atoms with Crippen LogP contribution in [0.5, 0.6) is 5.75 Å². The van der Waals surface area contributed by atoms with Crippen LogP contribution in [-0.2, 0) is 11.2 Å². The number of hydrogen-bond donors (Lipinski definition) is 0. The zero-order valence-electron chi connectivity index (χ0n) is 12.7. The third-order valence-corrected chi connectivity index (χ3v) is 2.98. The van der Waals surface area contributed by atoms with Gasteiger partial charge in [-0.15, -0.1) is 0 Å². The number of aromatic nitrogens is 2. The van der Waals surface area contributed by atoms with E-state index < -0.39 is 0 Å². The van der Waals surface area contributed by atoms with Gasteiger partial charge in [-0.25, -0.2) is 9.97 Å². The van der Waals surface area contributed by atoms with Crippen molar-refractivity contribution in [2.24, 2.45) is 0 Å². The smallest absolute Gasteiger partial charge is 0.224 e. The molecule has 0 aliphatic rings. The van der Waals surface area contributed by atoms with Gasteiger partial charge in [0.2, 0.25) is 5.95 Å². The minimum absolute atomic E-state index is 0.565. The summed E-state index contributed by atoms with van der Waals surface area (Å²) in [6.07, 6.45) is 4.54. The van der Waals surface area contributed by atoms with Crippen molar-refractivity contribution in [1.29, 1.82) is 0 Å². The van der Waals surface area contributed by atoms with E-state index in [1.54, 1.807) is 7.11 Å². The predicted molar refractivity (Wildman–Crippen MR) is 83.0 cm³/mol. The standard InChI is InChI=1S/C16H21N3O2/c1-19(2)16-17-11-14(12-18-16)10-13-4-6-15(7-5-13)21-9-8-20-3/h4-7,11-12H,8-10H2,1-3H3. The second kappa shape index (κ2) is 7.59. The number of benzene rings is 1. The first-order valence-electron chi connectivity index (χ1n) is 6.88. The third kappa shape index (κ3) is 4.72. The number of ether oxygens (including phenoxy) is 2. The Bertz CT molecular complexity index is 538. The number of hydrogen-bond acceptors (Lipinski definition) is 5. The SMILES string of the molecule is COCCOc1ccc(Cc2cnc(N(C)C)nc2)cc1. The molecule has 1 aromatic heterocycles. The Balaban J connectivity index is 1.93. The molecule has 0 aliphatic carbocycles.